The molecule has 42 heavy (non-hydrogen) atoms. The number of benzene rings is 2. The summed E-state index contributed by atoms with van der Waals surface area (Å²) in [6.45, 7) is 1.59. The molecule has 11 nitrogen and oxygen atoms in total. The largest absolute Gasteiger partial charge is 0.507 e. The van der Waals surface area contributed by atoms with Gasteiger partial charge in [0, 0.05) is 49.8 Å². The number of aromatic hydroxyl groups is 1. The Balaban J connectivity index is 1.29. The number of phenolic OH excluding ortho intramolecular Hbond substituents is 1. The second-order valence-electron chi connectivity index (χ2n) is 11.2. The van der Waals surface area contributed by atoms with Gasteiger partial charge in [-0.15, -0.1) is 5.10 Å². The summed E-state index contributed by atoms with van der Waals surface area (Å²) in [6.07, 6.45) is 7.27. The second kappa shape index (κ2) is 13.6. The van der Waals surface area contributed by atoms with E-state index in [0.717, 1.165) is 36.8 Å². The van der Waals surface area contributed by atoms with Gasteiger partial charge >= 0.3 is 0 Å². The SMILES string of the molecule is NC1CCC(n2cc(C(=O)N3CCCNC(=O)c4cccc(c4)-c4cc(ccc4O)CCNC(=O)CCC3)nn2)CC1. The molecular formula is C31H39N7O4. The molecule has 0 unspecified atom stereocenters. The van der Waals surface area contributed by atoms with Crippen LogP contribution in [0.15, 0.2) is 48.7 Å². The van der Waals surface area contributed by atoms with Crippen molar-refractivity contribution in [2.45, 2.75) is 63.5 Å². The highest BCUT2D eigenvalue weighted by Gasteiger charge is 2.24. The summed E-state index contributed by atoms with van der Waals surface area (Å²) in [4.78, 5) is 40.7. The predicted octanol–water partition coefficient (Wildman–Crippen LogP) is 2.81. The van der Waals surface area contributed by atoms with Gasteiger partial charge in [-0.1, -0.05) is 23.4 Å². The number of nitrogens with zero attached hydrogens (tertiary/aromatic N) is 4. The molecule has 2 aliphatic rings. The summed E-state index contributed by atoms with van der Waals surface area (Å²) in [5.74, 6) is -0.425. The van der Waals surface area contributed by atoms with Crippen molar-refractivity contribution in [1.29, 1.82) is 0 Å². The van der Waals surface area contributed by atoms with Crippen molar-refractivity contribution in [2.75, 3.05) is 26.2 Å². The molecule has 3 aromatic rings. The Bertz CT molecular complexity index is 1410. The van der Waals surface area contributed by atoms with Crippen LogP contribution in [0.1, 0.15) is 77.4 Å². The molecule has 2 heterocycles. The third kappa shape index (κ3) is 7.33. The van der Waals surface area contributed by atoms with E-state index >= 15 is 0 Å². The number of carbonyl (C=O) groups excluding carboxylic acids is 3. The minimum Gasteiger partial charge on any atom is -0.507 e. The lowest BCUT2D eigenvalue weighted by molar-refractivity contribution is -0.121. The molecule has 11 heteroatoms. The van der Waals surface area contributed by atoms with Gasteiger partial charge in [-0.25, -0.2) is 4.68 Å². The number of rotatable bonds is 2. The van der Waals surface area contributed by atoms with Crippen molar-refractivity contribution in [1.82, 2.24) is 30.5 Å². The molecule has 1 fully saturated rings. The van der Waals surface area contributed by atoms with Crippen molar-refractivity contribution >= 4 is 17.7 Å². The van der Waals surface area contributed by atoms with Crippen LogP contribution in [0.4, 0.5) is 0 Å². The minimum atomic E-state index is -0.238. The van der Waals surface area contributed by atoms with Gasteiger partial charge in [0.25, 0.3) is 11.8 Å². The molecule has 5 rings (SSSR count). The molecule has 4 bridgehead atoms. The summed E-state index contributed by atoms with van der Waals surface area (Å²) >= 11 is 0. The lowest BCUT2D eigenvalue weighted by atomic mass is 9.92. The van der Waals surface area contributed by atoms with Crippen molar-refractivity contribution in [3.63, 3.8) is 0 Å². The quantitative estimate of drug-likeness (QED) is 0.367. The van der Waals surface area contributed by atoms with Gasteiger partial charge in [0.15, 0.2) is 5.69 Å². The van der Waals surface area contributed by atoms with E-state index in [4.69, 9.17) is 5.73 Å². The van der Waals surface area contributed by atoms with Crippen LogP contribution in [0, 0.1) is 0 Å². The van der Waals surface area contributed by atoms with Gasteiger partial charge in [-0.2, -0.15) is 0 Å². The van der Waals surface area contributed by atoms with Crippen LogP contribution in [0.25, 0.3) is 11.1 Å². The van der Waals surface area contributed by atoms with E-state index in [0.29, 0.717) is 56.6 Å². The van der Waals surface area contributed by atoms with Crippen molar-refractivity contribution in [3.05, 3.63) is 65.5 Å². The average molecular weight is 574 g/mol. The third-order valence-corrected chi connectivity index (χ3v) is 8.09. The maximum absolute atomic E-state index is 13.5. The summed E-state index contributed by atoms with van der Waals surface area (Å²) in [6, 6.07) is 12.9. The number of amides is 3. The average Bonchev–Trinajstić information content (AvgIpc) is 3.49. The molecule has 3 amide bonds. The zero-order valence-electron chi connectivity index (χ0n) is 23.8. The molecular weight excluding hydrogens is 534 g/mol. The Hall–Kier alpha value is -4.25. The van der Waals surface area contributed by atoms with Crippen molar-refractivity contribution in [3.8, 4) is 16.9 Å². The van der Waals surface area contributed by atoms with E-state index in [9.17, 15) is 19.5 Å². The number of hydrogen-bond donors (Lipinski definition) is 4. The van der Waals surface area contributed by atoms with E-state index in [1.165, 1.54) is 0 Å². The van der Waals surface area contributed by atoms with E-state index in [1.54, 1.807) is 40.0 Å². The molecule has 0 spiro atoms. The molecule has 0 radical (unpaired) electrons. The molecule has 0 saturated heterocycles. The van der Waals surface area contributed by atoms with Gasteiger partial charge in [0.05, 0.1) is 12.2 Å². The summed E-state index contributed by atoms with van der Waals surface area (Å²) < 4.78 is 1.78. The minimum absolute atomic E-state index is 0.0827. The fourth-order valence-electron chi connectivity index (χ4n) is 5.63. The molecule has 0 atom stereocenters. The van der Waals surface area contributed by atoms with Crippen LogP contribution in [0.2, 0.25) is 0 Å². The molecule has 5 N–H and O–H groups in total. The van der Waals surface area contributed by atoms with Crippen LogP contribution >= 0.6 is 0 Å². The van der Waals surface area contributed by atoms with Gasteiger partial charge in [0.2, 0.25) is 5.91 Å². The molecule has 1 aromatic heterocycles. The van der Waals surface area contributed by atoms with E-state index in [-0.39, 0.29) is 47.7 Å². The highest BCUT2D eigenvalue weighted by Crippen LogP contribution is 2.31. The number of phenols is 1. The van der Waals surface area contributed by atoms with Crippen LogP contribution < -0.4 is 16.4 Å². The first kappa shape index (κ1) is 29.2. The Morgan fingerprint density at radius 3 is 2.55 bits per heavy atom. The van der Waals surface area contributed by atoms with Crippen LogP contribution in [0.3, 0.4) is 0 Å². The first-order valence-corrected chi connectivity index (χ1v) is 14.8. The first-order valence-electron chi connectivity index (χ1n) is 14.8. The topological polar surface area (TPSA) is 155 Å². The maximum atomic E-state index is 13.5. The highest BCUT2D eigenvalue weighted by molar-refractivity contribution is 5.95. The smallest absolute Gasteiger partial charge is 0.276 e. The fourth-order valence-corrected chi connectivity index (χ4v) is 5.63. The van der Waals surface area contributed by atoms with Crippen molar-refractivity contribution in [2.24, 2.45) is 5.73 Å². The van der Waals surface area contributed by atoms with Crippen molar-refractivity contribution < 1.29 is 19.5 Å². The molecule has 1 aliphatic heterocycles. The van der Waals surface area contributed by atoms with Gasteiger partial charge in [0.1, 0.15) is 5.75 Å². The Kier molecular flexibility index (Phi) is 9.48. The number of hydrogen-bond acceptors (Lipinski definition) is 7. The van der Waals surface area contributed by atoms with E-state index < -0.39 is 0 Å². The number of nitrogens with two attached hydrogens (primary N) is 1. The number of carbonyl (C=O) groups is 3. The zero-order chi connectivity index (χ0) is 29.5. The normalized spacial score (nSPS) is 20.9. The zero-order valence-corrected chi connectivity index (χ0v) is 23.8. The van der Waals surface area contributed by atoms with Gasteiger partial charge < -0.3 is 26.4 Å². The highest BCUT2D eigenvalue weighted by atomic mass is 16.3. The summed E-state index contributed by atoms with van der Waals surface area (Å²) in [5, 5.41) is 24.8. The number of aromatic nitrogens is 3. The summed E-state index contributed by atoms with van der Waals surface area (Å²) in [5.41, 5.74) is 9.11. The second-order valence-corrected chi connectivity index (χ2v) is 11.2. The standard InChI is InChI=1S/C31H39N7O4/c32-24-8-10-25(11-9-24)38-20-27(35-36-38)31(42)37-16-2-6-29(40)33-15-13-21-7-12-28(39)26(18-21)22-4-1-5-23(19-22)30(41)34-14-3-17-37/h1,4-5,7,12,18-20,24-25,39H,2-3,6,8-11,13-17,32H2,(H,33,40)(H,34,41). The number of nitrogens with one attached hydrogen (secondary N) is 2. The van der Waals surface area contributed by atoms with Crippen LogP contribution in [0.5, 0.6) is 5.75 Å². The van der Waals surface area contributed by atoms with Gasteiger partial charge in [-0.3, -0.25) is 14.4 Å². The Labute approximate surface area is 245 Å². The predicted molar refractivity (Wildman–Crippen MR) is 158 cm³/mol. The monoisotopic (exact) mass is 573 g/mol. The van der Waals surface area contributed by atoms with Crippen LogP contribution in [-0.4, -0.2) is 74.9 Å². The van der Waals surface area contributed by atoms with Gasteiger partial charge in [-0.05, 0) is 80.3 Å². The Morgan fingerprint density at radius 2 is 1.71 bits per heavy atom. The lowest BCUT2D eigenvalue weighted by Crippen LogP contribution is -2.36. The molecule has 2 aromatic carbocycles. The molecule has 222 valence electrons. The van der Waals surface area contributed by atoms with E-state index in [2.05, 4.69) is 20.9 Å². The number of fused-ring (bicyclic) bond motifs is 5. The Morgan fingerprint density at radius 1 is 0.929 bits per heavy atom. The van der Waals surface area contributed by atoms with E-state index in [1.807, 2.05) is 18.2 Å². The first-order chi connectivity index (χ1) is 20.4. The lowest BCUT2D eigenvalue weighted by Gasteiger charge is -2.25. The molecule has 1 aliphatic carbocycles. The van der Waals surface area contributed by atoms with Crippen LogP contribution in [-0.2, 0) is 11.2 Å². The summed E-state index contributed by atoms with van der Waals surface area (Å²) in [7, 11) is 0. The fraction of sp³-hybridized carbons (Fsp3) is 0.452. The molecule has 1 saturated carbocycles. The maximum Gasteiger partial charge on any atom is 0.276 e. The third-order valence-electron chi connectivity index (χ3n) is 8.09.